The van der Waals surface area contributed by atoms with Gasteiger partial charge in [0.25, 0.3) is 0 Å². The predicted octanol–water partition coefficient (Wildman–Crippen LogP) is 2.11. The molecular weight excluding hydrogens is 243 g/mol. The van der Waals surface area contributed by atoms with Crippen LogP contribution in [-0.2, 0) is 0 Å². The molecule has 1 unspecified atom stereocenters. The zero-order chi connectivity index (χ0) is 14.0. The number of halogens is 1. The van der Waals surface area contributed by atoms with E-state index in [-0.39, 0.29) is 24.0 Å². The molecule has 1 aliphatic rings. The van der Waals surface area contributed by atoms with Crippen molar-refractivity contribution in [2.45, 2.75) is 31.8 Å². The molecule has 0 aromatic heterocycles. The molecule has 0 bridgehead atoms. The van der Waals surface area contributed by atoms with E-state index in [1.54, 1.807) is 12.1 Å². The van der Waals surface area contributed by atoms with Crippen LogP contribution in [0.15, 0.2) is 24.3 Å². The van der Waals surface area contributed by atoms with Gasteiger partial charge >= 0.3 is 0 Å². The first-order valence-corrected chi connectivity index (χ1v) is 6.78. The van der Waals surface area contributed by atoms with E-state index in [0.717, 1.165) is 25.2 Å². The van der Waals surface area contributed by atoms with Crippen LogP contribution in [0.5, 0.6) is 0 Å². The molecule has 3 nitrogen and oxygen atoms in total. The van der Waals surface area contributed by atoms with Crippen molar-refractivity contribution in [3.05, 3.63) is 30.1 Å². The van der Waals surface area contributed by atoms with Gasteiger partial charge < -0.3 is 14.9 Å². The van der Waals surface area contributed by atoms with Crippen LogP contribution in [0.4, 0.5) is 10.1 Å². The summed E-state index contributed by atoms with van der Waals surface area (Å²) in [5.41, 5.74) is 0.913. The van der Waals surface area contributed by atoms with Gasteiger partial charge in [0, 0.05) is 24.3 Å². The van der Waals surface area contributed by atoms with Crippen molar-refractivity contribution in [2.24, 2.45) is 0 Å². The standard InChI is InChI=1S/C15H23FN2O/c1-15(2)8-9-17(3)10-14(11-19)18(15)13-6-4-12(16)5-7-13/h4-7,14,19H,8-11H2,1-3H3. The van der Waals surface area contributed by atoms with Crippen molar-refractivity contribution in [1.29, 1.82) is 0 Å². The van der Waals surface area contributed by atoms with Crippen LogP contribution in [0.25, 0.3) is 0 Å². The van der Waals surface area contributed by atoms with Crippen LogP contribution in [0.1, 0.15) is 20.3 Å². The normalized spacial score (nSPS) is 24.3. The molecule has 0 spiro atoms. The van der Waals surface area contributed by atoms with Gasteiger partial charge in [-0.3, -0.25) is 0 Å². The van der Waals surface area contributed by atoms with Gasteiger partial charge in [-0.05, 0) is 51.6 Å². The summed E-state index contributed by atoms with van der Waals surface area (Å²) in [6, 6.07) is 6.59. The number of aliphatic hydroxyl groups is 1. The third kappa shape index (κ3) is 3.07. The molecule has 0 aliphatic carbocycles. The van der Waals surface area contributed by atoms with E-state index in [0.29, 0.717) is 0 Å². The maximum absolute atomic E-state index is 13.1. The molecule has 1 heterocycles. The summed E-state index contributed by atoms with van der Waals surface area (Å²) in [4.78, 5) is 4.47. The van der Waals surface area contributed by atoms with E-state index in [9.17, 15) is 9.50 Å². The molecule has 0 amide bonds. The molecule has 4 heteroatoms. The summed E-state index contributed by atoms with van der Waals surface area (Å²) in [5, 5.41) is 9.71. The Kier molecular flexibility index (Phi) is 4.11. The molecule has 0 radical (unpaired) electrons. The van der Waals surface area contributed by atoms with Gasteiger partial charge in [-0.25, -0.2) is 4.39 Å². The summed E-state index contributed by atoms with van der Waals surface area (Å²) < 4.78 is 13.1. The van der Waals surface area contributed by atoms with E-state index in [4.69, 9.17) is 0 Å². The third-order valence-electron chi connectivity index (χ3n) is 3.96. The quantitative estimate of drug-likeness (QED) is 0.888. The summed E-state index contributed by atoms with van der Waals surface area (Å²) in [7, 11) is 2.08. The molecule has 1 atom stereocenters. The minimum absolute atomic E-state index is 0.0351. The van der Waals surface area contributed by atoms with Gasteiger partial charge in [0.2, 0.25) is 0 Å². The summed E-state index contributed by atoms with van der Waals surface area (Å²) >= 11 is 0. The first-order chi connectivity index (χ1) is 8.94. The van der Waals surface area contributed by atoms with Crippen molar-refractivity contribution >= 4 is 5.69 Å². The Morgan fingerprint density at radius 3 is 2.53 bits per heavy atom. The minimum Gasteiger partial charge on any atom is -0.394 e. The van der Waals surface area contributed by atoms with Gasteiger partial charge in [-0.2, -0.15) is 0 Å². The Morgan fingerprint density at radius 1 is 1.32 bits per heavy atom. The lowest BCUT2D eigenvalue weighted by Gasteiger charge is -2.43. The second-order valence-electron chi connectivity index (χ2n) is 6.01. The lowest BCUT2D eigenvalue weighted by atomic mass is 9.96. The second kappa shape index (κ2) is 5.47. The summed E-state index contributed by atoms with van der Waals surface area (Å²) in [6.07, 6.45) is 1.01. The summed E-state index contributed by atoms with van der Waals surface area (Å²) in [6.45, 7) is 6.28. The predicted molar refractivity (Wildman–Crippen MR) is 75.9 cm³/mol. The van der Waals surface area contributed by atoms with Crippen LogP contribution < -0.4 is 4.90 Å². The SMILES string of the molecule is CN1CCC(C)(C)N(c2ccc(F)cc2)C(CO)C1. The number of benzene rings is 1. The van der Waals surface area contributed by atoms with Crippen LogP contribution in [0, 0.1) is 5.82 Å². The Bertz CT molecular complexity index is 419. The number of likely N-dealkylation sites (N-methyl/N-ethyl adjacent to an activating group) is 1. The van der Waals surface area contributed by atoms with Crippen LogP contribution >= 0.6 is 0 Å². The van der Waals surface area contributed by atoms with E-state index in [1.807, 2.05) is 0 Å². The first kappa shape index (κ1) is 14.3. The van der Waals surface area contributed by atoms with Crippen molar-refractivity contribution in [3.8, 4) is 0 Å². The molecule has 1 fully saturated rings. The number of rotatable bonds is 2. The van der Waals surface area contributed by atoms with Crippen LogP contribution in [0.2, 0.25) is 0 Å². The number of nitrogens with zero attached hydrogens (tertiary/aromatic N) is 2. The minimum atomic E-state index is -0.228. The molecule has 1 aliphatic heterocycles. The Hall–Kier alpha value is -1.13. The zero-order valence-electron chi connectivity index (χ0n) is 11.9. The van der Waals surface area contributed by atoms with Crippen LogP contribution in [-0.4, -0.2) is 48.3 Å². The van der Waals surface area contributed by atoms with E-state index in [2.05, 4.69) is 30.7 Å². The highest BCUT2D eigenvalue weighted by molar-refractivity contribution is 5.50. The lowest BCUT2D eigenvalue weighted by Crippen LogP contribution is -2.52. The second-order valence-corrected chi connectivity index (χ2v) is 6.01. The topological polar surface area (TPSA) is 26.7 Å². The van der Waals surface area contributed by atoms with E-state index >= 15 is 0 Å². The average molecular weight is 266 g/mol. The fourth-order valence-corrected chi connectivity index (χ4v) is 2.91. The fraction of sp³-hybridized carbons (Fsp3) is 0.600. The lowest BCUT2D eigenvalue weighted by molar-refractivity contribution is 0.224. The summed E-state index contributed by atoms with van der Waals surface area (Å²) in [5.74, 6) is -0.228. The maximum Gasteiger partial charge on any atom is 0.123 e. The Balaban J connectivity index is 2.38. The number of hydrogen-bond acceptors (Lipinski definition) is 3. The largest absolute Gasteiger partial charge is 0.394 e. The van der Waals surface area contributed by atoms with Gasteiger partial charge in [0.15, 0.2) is 0 Å². The van der Waals surface area contributed by atoms with E-state index in [1.165, 1.54) is 12.1 Å². The number of anilines is 1. The molecule has 106 valence electrons. The highest BCUT2D eigenvalue weighted by Gasteiger charge is 2.35. The van der Waals surface area contributed by atoms with Crippen molar-refractivity contribution < 1.29 is 9.50 Å². The van der Waals surface area contributed by atoms with Crippen molar-refractivity contribution in [1.82, 2.24) is 4.90 Å². The highest BCUT2D eigenvalue weighted by atomic mass is 19.1. The van der Waals surface area contributed by atoms with Gasteiger partial charge in [-0.15, -0.1) is 0 Å². The smallest absolute Gasteiger partial charge is 0.123 e. The fourth-order valence-electron chi connectivity index (χ4n) is 2.91. The molecule has 1 aromatic rings. The maximum atomic E-state index is 13.1. The Labute approximate surface area is 114 Å². The molecule has 2 rings (SSSR count). The molecule has 0 saturated carbocycles. The van der Waals surface area contributed by atoms with Gasteiger partial charge in [-0.1, -0.05) is 0 Å². The molecule has 19 heavy (non-hydrogen) atoms. The molecule has 1 aromatic carbocycles. The van der Waals surface area contributed by atoms with Crippen molar-refractivity contribution in [2.75, 3.05) is 31.6 Å². The molecular formula is C15H23FN2O. The molecule has 1 saturated heterocycles. The first-order valence-electron chi connectivity index (χ1n) is 6.78. The zero-order valence-corrected chi connectivity index (χ0v) is 11.9. The Morgan fingerprint density at radius 2 is 1.95 bits per heavy atom. The number of aliphatic hydroxyl groups excluding tert-OH is 1. The number of hydrogen-bond donors (Lipinski definition) is 1. The van der Waals surface area contributed by atoms with Gasteiger partial charge in [0.1, 0.15) is 5.82 Å². The van der Waals surface area contributed by atoms with Gasteiger partial charge in [0.05, 0.1) is 12.6 Å². The highest BCUT2D eigenvalue weighted by Crippen LogP contribution is 2.31. The van der Waals surface area contributed by atoms with Crippen molar-refractivity contribution in [3.63, 3.8) is 0 Å². The van der Waals surface area contributed by atoms with E-state index < -0.39 is 0 Å². The average Bonchev–Trinajstić information content (AvgIpc) is 2.48. The third-order valence-corrected chi connectivity index (χ3v) is 3.96. The molecule has 1 N–H and O–H groups in total. The monoisotopic (exact) mass is 266 g/mol. The van der Waals surface area contributed by atoms with Crippen LogP contribution in [0.3, 0.4) is 0 Å².